The van der Waals surface area contributed by atoms with Crippen LogP contribution >= 0.6 is 0 Å². The molecule has 1 unspecified atom stereocenters. The summed E-state index contributed by atoms with van der Waals surface area (Å²) in [6.45, 7) is 2.27. The number of carbonyl (C=O) groups is 2. The van der Waals surface area contributed by atoms with Gasteiger partial charge >= 0.3 is 0 Å². The molecule has 2 bridgehead atoms. The van der Waals surface area contributed by atoms with Gasteiger partial charge in [0.25, 0.3) is 5.91 Å². The van der Waals surface area contributed by atoms with Crippen molar-refractivity contribution in [3.63, 3.8) is 0 Å². The van der Waals surface area contributed by atoms with Crippen molar-refractivity contribution in [1.82, 2.24) is 19.6 Å². The molecule has 0 saturated carbocycles. The van der Waals surface area contributed by atoms with Crippen LogP contribution in [0.5, 0.6) is 5.75 Å². The lowest BCUT2D eigenvalue weighted by Crippen LogP contribution is -2.44. The molecule has 1 aromatic carbocycles. The predicted molar refractivity (Wildman–Crippen MR) is 118 cm³/mol. The quantitative estimate of drug-likeness (QED) is 0.706. The number of ether oxygens (including phenoxy) is 1. The molecule has 166 valence electrons. The maximum Gasteiger partial charge on any atom is 0.257 e. The van der Waals surface area contributed by atoms with E-state index in [9.17, 15) is 9.59 Å². The van der Waals surface area contributed by atoms with E-state index in [-0.39, 0.29) is 11.8 Å². The second kappa shape index (κ2) is 9.98. The van der Waals surface area contributed by atoms with Crippen LogP contribution < -0.4 is 4.74 Å². The highest BCUT2D eigenvalue weighted by molar-refractivity contribution is 5.93. The van der Waals surface area contributed by atoms with E-state index in [1.165, 1.54) is 12.0 Å². The van der Waals surface area contributed by atoms with Crippen molar-refractivity contribution in [2.24, 2.45) is 7.05 Å². The topological polar surface area (TPSA) is 67.7 Å². The number of rotatable bonds is 1. The van der Waals surface area contributed by atoms with Crippen LogP contribution in [0.3, 0.4) is 0 Å². The molecule has 7 heteroatoms. The number of aryl methyl sites for hydroxylation is 2. The summed E-state index contributed by atoms with van der Waals surface area (Å²) >= 11 is 0. The molecule has 1 saturated heterocycles. The first kappa shape index (κ1) is 21.4. The van der Waals surface area contributed by atoms with Crippen LogP contribution in [0.4, 0.5) is 0 Å². The summed E-state index contributed by atoms with van der Waals surface area (Å²) in [5.41, 5.74) is 1.79. The van der Waals surface area contributed by atoms with Crippen molar-refractivity contribution < 1.29 is 14.3 Å². The largest absolute Gasteiger partial charge is 0.492 e. The molecule has 2 aliphatic rings. The molecular formula is C24H32N4O3. The molecule has 0 aliphatic carbocycles. The molecule has 0 N–H and O–H groups in total. The fraction of sp³-hybridized carbons (Fsp3) is 0.542. The number of hydrogen-bond donors (Lipinski definition) is 0. The summed E-state index contributed by atoms with van der Waals surface area (Å²) in [5.74, 6) is 0.981. The Morgan fingerprint density at radius 2 is 2.00 bits per heavy atom. The van der Waals surface area contributed by atoms with Crippen LogP contribution in [0.2, 0.25) is 0 Å². The first-order valence-corrected chi connectivity index (χ1v) is 11.4. The zero-order chi connectivity index (χ0) is 21.6. The van der Waals surface area contributed by atoms with Gasteiger partial charge in [0, 0.05) is 38.8 Å². The van der Waals surface area contributed by atoms with Gasteiger partial charge in [-0.25, -0.2) is 0 Å². The SMILES string of the molecule is Cn1cc(C(=O)N2CCCC(=O)N3CCCCC3CCc3cccc(c3)OCC2)cn1. The summed E-state index contributed by atoms with van der Waals surface area (Å²) in [7, 11) is 1.80. The number of benzene rings is 1. The zero-order valence-corrected chi connectivity index (χ0v) is 18.3. The van der Waals surface area contributed by atoms with Crippen LogP contribution in [0, 0.1) is 0 Å². The van der Waals surface area contributed by atoms with Gasteiger partial charge in [0.05, 0.1) is 18.3 Å². The second-order valence-electron chi connectivity index (χ2n) is 8.57. The van der Waals surface area contributed by atoms with Gasteiger partial charge in [-0.15, -0.1) is 0 Å². The Balaban J connectivity index is 1.52. The zero-order valence-electron chi connectivity index (χ0n) is 18.3. The lowest BCUT2D eigenvalue weighted by molar-refractivity contribution is -0.135. The van der Waals surface area contributed by atoms with Gasteiger partial charge in [-0.3, -0.25) is 14.3 Å². The Morgan fingerprint density at radius 3 is 2.84 bits per heavy atom. The molecule has 1 atom stereocenters. The van der Waals surface area contributed by atoms with Crippen molar-refractivity contribution in [3.8, 4) is 5.75 Å². The number of nitrogens with zero attached hydrogens (tertiary/aromatic N) is 4. The number of amides is 2. The third-order valence-corrected chi connectivity index (χ3v) is 6.30. The van der Waals surface area contributed by atoms with Gasteiger partial charge in [-0.2, -0.15) is 5.10 Å². The van der Waals surface area contributed by atoms with Crippen LogP contribution in [0.1, 0.15) is 54.4 Å². The molecule has 7 nitrogen and oxygen atoms in total. The van der Waals surface area contributed by atoms with E-state index in [4.69, 9.17) is 4.74 Å². The molecule has 0 radical (unpaired) electrons. The van der Waals surface area contributed by atoms with Crippen LogP contribution in [0.25, 0.3) is 0 Å². The minimum absolute atomic E-state index is 0.0712. The third kappa shape index (κ3) is 5.46. The van der Waals surface area contributed by atoms with Gasteiger partial charge in [0.15, 0.2) is 0 Å². The van der Waals surface area contributed by atoms with E-state index >= 15 is 0 Å². The minimum atomic E-state index is -0.0712. The van der Waals surface area contributed by atoms with Crippen molar-refractivity contribution in [3.05, 3.63) is 47.8 Å². The number of aromatic nitrogens is 2. The Morgan fingerprint density at radius 1 is 1.10 bits per heavy atom. The highest BCUT2D eigenvalue weighted by Gasteiger charge is 2.26. The molecule has 2 aliphatic heterocycles. The predicted octanol–water partition coefficient (Wildman–Crippen LogP) is 3.05. The van der Waals surface area contributed by atoms with Crippen LogP contribution in [-0.4, -0.2) is 63.7 Å². The molecule has 1 aromatic heterocycles. The summed E-state index contributed by atoms with van der Waals surface area (Å²) in [5, 5.41) is 4.12. The standard InChI is InChI=1S/C24H32N4O3/c1-26-18-20(17-25-26)24(30)27-12-5-9-23(29)28-13-3-2-7-21(28)11-10-19-6-4-8-22(16-19)31-15-14-27/h4,6,8,16-18,21H,2-3,5,7,9-15H2,1H3. The van der Waals surface area contributed by atoms with Crippen LogP contribution in [0.15, 0.2) is 36.7 Å². The number of piperidine rings is 1. The van der Waals surface area contributed by atoms with Crippen molar-refractivity contribution in [2.45, 2.75) is 51.0 Å². The van der Waals surface area contributed by atoms with Gasteiger partial charge in [0.1, 0.15) is 12.4 Å². The van der Waals surface area contributed by atoms with E-state index in [0.29, 0.717) is 44.1 Å². The summed E-state index contributed by atoms with van der Waals surface area (Å²) in [6.07, 6.45) is 9.72. The fourth-order valence-electron chi connectivity index (χ4n) is 4.62. The molecule has 3 heterocycles. The monoisotopic (exact) mass is 424 g/mol. The number of carbonyl (C=O) groups excluding carboxylic acids is 2. The number of fused-ring (bicyclic) bond motifs is 3. The van der Waals surface area contributed by atoms with Crippen molar-refractivity contribution in [2.75, 3.05) is 26.2 Å². The maximum atomic E-state index is 13.0. The molecule has 1 fully saturated rings. The first-order chi connectivity index (χ1) is 15.1. The lowest BCUT2D eigenvalue weighted by Gasteiger charge is -2.36. The van der Waals surface area contributed by atoms with Crippen molar-refractivity contribution >= 4 is 11.8 Å². The summed E-state index contributed by atoms with van der Waals surface area (Å²) in [6, 6.07) is 8.50. The van der Waals surface area contributed by atoms with E-state index in [2.05, 4.69) is 22.1 Å². The highest BCUT2D eigenvalue weighted by atomic mass is 16.5. The van der Waals surface area contributed by atoms with Crippen LogP contribution in [-0.2, 0) is 18.3 Å². The molecule has 0 spiro atoms. The Kier molecular flexibility index (Phi) is 6.89. The van der Waals surface area contributed by atoms with E-state index in [1.807, 2.05) is 12.1 Å². The molecular weight excluding hydrogens is 392 g/mol. The van der Waals surface area contributed by atoms with Gasteiger partial charge in [0.2, 0.25) is 5.91 Å². The molecule has 4 rings (SSSR count). The second-order valence-corrected chi connectivity index (χ2v) is 8.57. The Bertz CT molecular complexity index is 910. The third-order valence-electron chi connectivity index (χ3n) is 6.30. The summed E-state index contributed by atoms with van der Waals surface area (Å²) in [4.78, 5) is 29.9. The molecule has 31 heavy (non-hydrogen) atoms. The fourth-order valence-corrected chi connectivity index (χ4v) is 4.62. The molecule has 2 aromatic rings. The average molecular weight is 425 g/mol. The molecule has 2 amide bonds. The van der Waals surface area contributed by atoms with Crippen molar-refractivity contribution in [1.29, 1.82) is 0 Å². The first-order valence-electron chi connectivity index (χ1n) is 11.4. The normalized spacial score (nSPS) is 20.9. The summed E-state index contributed by atoms with van der Waals surface area (Å²) < 4.78 is 7.61. The van der Waals surface area contributed by atoms with E-state index in [0.717, 1.165) is 38.0 Å². The Hall–Kier alpha value is -2.83. The smallest absolute Gasteiger partial charge is 0.257 e. The highest BCUT2D eigenvalue weighted by Crippen LogP contribution is 2.24. The maximum absolute atomic E-state index is 13.0. The Labute approximate surface area is 184 Å². The lowest BCUT2D eigenvalue weighted by atomic mass is 9.95. The van der Waals surface area contributed by atoms with E-state index in [1.54, 1.807) is 29.0 Å². The number of hydrogen-bond acceptors (Lipinski definition) is 4. The van der Waals surface area contributed by atoms with Gasteiger partial charge < -0.3 is 14.5 Å². The van der Waals surface area contributed by atoms with E-state index < -0.39 is 0 Å². The minimum Gasteiger partial charge on any atom is -0.492 e. The average Bonchev–Trinajstić information content (AvgIpc) is 3.22. The van der Waals surface area contributed by atoms with Gasteiger partial charge in [-0.1, -0.05) is 12.1 Å². The van der Waals surface area contributed by atoms with Gasteiger partial charge in [-0.05, 0) is 56.2 Å².